The summed E-state index contributed by atoms with van der Waals surface area (Å²) in [5.74, 6) is -0.136. The lowest BCUT2D eigenvalue weighted by molar-refractivity contribution is 0.0176. The lowest BCUT2D eigenvalue weighted by atomic mass is 9.89. The van der Waals surface area contributed by atoms with Gasteiger partial charge in [0, 0.05) is 30.1 Å². The van der Waals surface area contributed by atoms with E-state index in [9.17, 15) is 4.79 Å². The molecule has 1 aromatic carbocycles. The number of rotatable bonds is 3. The van der Waals surface area contributed by atoms with Gasteiger partial charge in [-0.2, -0.15) is 0 Å². The highest BCUT2D eigenvalue weighted by Gasteiger charge is 2.30. The van der Waals surface area contributed by atoms with Crippen LogP contribution >= 0.6 is 0 Å². The maximum Gasteiger partial charge on any atom is 0.251 e. The predicted octanol–water partition coefficient (Wildman–Crippen LogP) is 0.758. The summed E-state index contributed by atoms with van der Waals surface area (Å²) in [7, 11) is 1.68. The number of hydrogen-bond donors (Lipinski definition) is 3. The van der Waals surface area contributed by atoms with E-state index in [0.29, 0.717) is 16.9 Å². The van der Waals surface area contributed by atoms with Crippen molar-refractivity contribution in [1.29, 1.82) is 0 Å². The van der Waals surface area contributed by atoms with E-state index in [1.807, 2.05) is 0 Å². The van der Waals surface area contributed by atoms with Crippen molar-refractivity contribution in [1.82, 2.24) is 5.32 Å². The van der Waals surface area contributed by atoms with Crippen LogP contribution in [0.25, 0.3) is 0 Å². The zero-order valence-corrected chi connectivity index (χ0v) is 9.77. The first-order valence-corrected chi connectivity index (χ1v) is 5.58. The predicted molar refractivity (Wildman–Crippen MR) is 66.6 cm³/mol. The second-order valence-electron chi connectivity index (χ2n) is 4.39. The first-order valence-electron chi connectivity index (χ1n) is 5.58. The van der Waals surface area contributed by atoms with E-state index >= 15 is 0 Å². The summed E-state index contributed by atoms with van der Waals surface area (Å²) in [6, 6.07) is 5.06. The molecule has 0 saturated heterocycles. The van der Waals surface area contributed by atoms with Crippen LogP contribution in [0.15, 0.2) is 18.2 Å². The normalized spacial score (nSPS) is 22.9. The van der Waals surface area contributed by atoms with Crippen molar-refractivity contribution >= 4 is 17.3 Å². The Morgan fingerprint density at radius 1 is 1.29 bits per heavy atom. The molecule has 0 spiro atoms. The monoisotopic (exact) mass is 235 g/mol. The summed E-state index contributed by atoms with van der Waals surface area (Å²) in [5.41, 5.74) is 12.8. The van der Waals surface area contributed by atoms with Crippen molar-refractivity contribution in [3.63, 3.8) is 0 Å². The number of hydrogen-bond acceptors (Lipinski definition) is 4. The lowest BCUT2D eigenvalue weighted by Crippen LogP contribution is -2.47. The molecule has 5 heteroatoms. The molecule has 0 radical (unpaired) electrons. The van der Waals surface area contributed by atoms with Crippen LogP contribution in [-0.4, -0.2) is 25.2 Å². The van der Waals surface area contributed by atoms with Crippen molar-refractivity contribution < 1.29 is 9.53 Å². The van der Waals surface area contributed by atoms with E-state index in [1.165, 1.54) is 0 Å². The van der Waals surface area contributed by atoms with Crippen molar-refractivity contribution in [2.24, 2.45) is 0 Å². The van der Waals surface area contributed by atoms with Crippen molar-refractivity contribution in [2.75, 3.05) is 18.6 Å². The number of anilines is 2. The van der Waals surface area contributed by atoms with Crippen molar-refractivity contribution in [3.8, 4) is 0 Å². The average molecular weight is 235 g/mol. The van der Waals surface area contributed by atoms with Gasteiger partial charge in [-0.05, 0) is 31.0 Å². The Hall–Kier alpha value is -1.75. The van der Waals surface area contributed by atoms with Crippen LogP contribution in [0.3, 0.4) is 0 Å². The summed E-state index contributed by atoms with van der Waals surface area (Å²) >= 11 is 0. The Labute approximate surface area is 100 Å². The van der Waals surface area contributed by atoms with E-state index in [2.05, 4.69) is 5.32 Å². The Morgan fingerprint density at radius 2 is 1.88 bits per heavy atom. The molecule has 0 heterocycles. The van der Waals surface area contributed by atoms with Gasteiger partial charge in [0.2, 0.25) is 0 Å². The van der Waals surface area contributed by atoms with Gasteiger partial charge in [-0.3, -0.25) is 4.79 Å². The average Bonchev–Trinajstić information content (AvgIpc) is 2.21. The summed E-state index contributed by atoms with van der Waals surface area (Å²) in [6.07, 6.45) is 1.99. The third-order valence-electron chi connectivity index (χ3n) is 3.00. The molecular formula is C12H17N3O2. The van der Waals surface area contributed by atoms with E-state index in [1.54, 1.807) is 25.3 Å². The van der Waals surface area contributed by atoms with Crippen LogP contribution in [-0.2, 0) is 4.74 Å². The summed E-state index contributed by atoms with van der Waals surface area (Å²) in [4.78, 5) is 11.9. The summed E-state index contributed by atoms with van der Waals surface area (Å²) < 4.78 is 5.15. The fraction of sp³-hybridized carbons (Fsp3) is 0.417. The van der Waals surface area contributed by atoms with Gasteiger partial charge in [0.05, 0.1) is 6.10 Å². The quantitative estimate of drug-likeness (QED) is 0.674. The number of nitrogens with two attached hydrogens (primary N) is 2. The lowest BCUT2D eigenvalue weighted by Gasteiger charge is -2.34. The zero-order chi connectivity index (χ0) is 12.4. The Bertz CT molecular complexity index is 408. The molecule has 0 aliphatic heterocycles. The minimum Gasteiger partial charge on any atom is -0.399 e. The first-order chi connectivity index (χ1) is 8.08. The molecular weight excluding hydrogens is 218 g/mol. The SMILES string of the molecule is COC1CC(NC(=O)c2cc(N)cc(N)c2)C1. The van der Waals surface area contributed by atoms with Crippen LogP contribution in [0.2, 0.25) is 0 Å². The molecule has 5 nitrogen and oxygen atoms in total. The van der Waals surface area contributed by atoms with Crippen LogP contribution in [0.5, 0.6) is 0 Å². The molecule has 0 aromatic heterocycles. The number of nitrogens with one attached hydrogen (secondary N) is 1. The number of methoxy groups -OCH3 is 1. The Morgan fingerprint density at radius 3 is 2.41 bits per heavy atom. The number of carbonyl (C=O) groups is 1. The molecule has 1 aliphatic rings. The molecule has 1 amide bonds. The second-order valence-corrected chi connectivity index (χ2v) is 4.39. The Balaban J connectivity index is 1.96. The van der Waals surface area contributed by atoms with Gasteiger partial charge in [-0.1, -0.05) is 0 Å². The van der Waals surface area contributed by atoms with Crippen molar-refractivity contribution in [2.45, 2.75) is 25.0 Å². The van der Waals surface area contributed by atoms with Gasteiger partial charge in [0.15, 0.2) is 0 Å². The summed E-state index contributed by atoms with van der Waals surface area (Å²) in [5, 5.41) is 2.92. The van der Waals surface area contributed by atoms with E-state index in [4.69, 9.17) is 16.2 Å². The maximum absolute atomic E-state index is 11.9. The van der Waals surface area contributed by atoms with Gasteiger partial charge in [-0.25, -0.2) is 0 Å². The number of ether oxygens (including phenoxy) is 1. The molecule has 5 N–H and O–H groups in total. The number of carbonyl (C=O) groups excluding carboxylic acids is 1. The maximum atomic E-state index is 11.9. The van der Waals surface area contributed by atoms with E-state index in [-0.39, 0.29) is 18.1 Å². The summed E-state index contributed by atoms with van der Waals surface area (Å²) in [6.45, 7) is 0. The minimum absolute atomic E-state index is 0.136. The highest BCUT2D eigenvalue weighted by molar-refractivity contribution is 5.96. The highest BCUT2D eigenvalue weighted by Crippen LogP contribution is 2.23. The van der Waals surface area contributed by atoms with E-state index < -0.39 is 0 Å². The molecule has 1 fully saturated rings. The van der Waals surface area contributed by atoms with Crippen LogP contribution in [0.1, 0.15) is 23.2 Å². The molecule has 1 saturated carbocycles. The highest BCUT2D eigenvalue weighted by atomic mass is 16.5. The number of amides is 1. The third-order valence-corrected chi connectivity index (χ3v) is 3.00. The van der Waals surface area contributed by atoms with Gasteiger partial charge in [0.25, 0.3) is 5.91 Å². The molecule has 0 atom stereocenters. The molecule has 92 valence electrons. The minimum atomic E-state index is -0.136. The standard InChI is InChI=1S/C12H17N3O2/c1-17-11-5-10(6-11)15-12(16)7-2-8(13)4-9(14)3-7/h2-4,10-11H,5-6,13-14H2,1H3,(H,15,16). The molecule has 0 bridgehead atoms. The number of benzene rings is 1. The molecule has 1 aliphatic carbocycles. The fourth-order valence-corrected chi connectivity index (χ4v) is 1.95. The zero-order valence-electron chi connectivity index (χ0n) is 9.77. The molecule has 1 aromatic rings. The van der Waals surface area contributed by atoms with E-state index in [0.717, 1.165) is 12.8 Å². The van der Waals surface area contributed by atoms with Crippen LogP contribution in [0.4, 0.5) is 11.4 Å². The third kappa shape index (κ3) is 2.68. The van der Waals surface area contributed by atoms with Crippen molar-refractivity contribution in [3.05, 3.63) is 23.8 Å². The Kier molecular flexibility index (Phi) is 3.19. The topological polar surface area (TPSA) is 90.4 Å². The van der Waals surface area contributed by atoms with Gasteiger partial charge >= 0.3 is 0 Å². The largest absolute Gasteiger partial charge is 0.399 e. The molecule has 17 heavy (non-hydrogen) atoms. The second kappa shape index (κ2) is 4.63. The molecule has 0 unspecified atom stereocenters. The van der Waals surface area contributed by atoms with Gasteiger partial charge in [0.1, 0.15) is 0 Å². The smallest absolute Gasteiger partial charge is 0.251 e. The molecule has 2 rings (SSSR count). The van der Waals surface area contributed by atoms with Crippen LogP contribution in [0, 0.1) is 0 Å². The van der Waals surface area contributed by atoms with Crippen LogP contribution < -0.4 is 16.8 Å². The van der Waals surface area contributed by atoms with Gasteiger partial charge < -0.3 is 21.5 Å². The number of nitrogen functional groups attached to an aromatic ring is 2. The van der Waals surface area contributed by atoms with Gasteiger partial charge in [-0.15, -0.1) is 0 Å². The first kappa shape index (κ1) is 11.7. The fourth-order valence-electron chi connectivity index (χ4n) is 1.95.